The maximum absolute atomic E-state index is 12.2. The van der Waals surface area contributed by atoms with Gasteiger partial charge in [-0.05, 0) is 6.42 Å². The molecule has 2 fully saturated rings. The average Bonchev–Trinajstić information content (AvgIpc) is 2.69. The number of unbranched alkanes of at least 4 members (excludes halogenated alkanes) is 1. The van der Waals surface area contributed by atoms with E-state index in [-0.39, 0.29) is 12.5 Å². The van der Waals surface area contributed by atoms with Crippen LogP contribution in [0.1, 0.15) is 19.8 Å². The first kappa shape index (κ1) is 15.7. The SMILES string of the molecule is CCCCOCC(=O)N1CCOC2(CNCCOC2)C1. The molecule has 6 heteroatoms. The smallest absolute Gasteiger partial charge is 0.248 e. The van der Waals surface area contributed by atoms with Crippen LogP contribution in [0.15, 0.2) is 0 Å². The van der Waals surface area contributed by atoms with Crippen LogP contribution in [0.2, 0.25) is 0 Å². The van der Waals surface area contributed by atoms with Crippen LogP contribution >= 0.6 is 0 Å². The summed E-state index contributed by atoms with van der Waals surface area (Å²) in [6.07, 6.45) is 2.08. The van der Waals surface area contributed by atoms with Crippen molar-refractivity contribution in [2.45, 2.75) is 25.4 Å². The summed E-state index contributed by atoms with van der Waals surface area (Å²) in [6, 6.07) is 0. The van der Waals surface area contributed by atoms with E-state index in [4.69, 9.17) is 14.2 Å². The summed E-state index contributed by atoms with van der Waals surface area (Å²) in [6.45, 7) is 7.51. The molecule has 0 radical (unpaired) electrons. The van der Waals surface area contributed by atoms with Crippen molar-refractivity contribution >= 4 is 5.91 Å². The van der Waals surface area contributed by atoms with Gasteiger partial charge in [-0.25, -0.2) is 0 Å². The van der Waals surface area contributed by atoms with E-state index in [9.17, 15) is 4.79 Å². The molecule has 0 aromatic rings. The predicted molar refractivity (Wildman–Crippen MR) is 74.7 cm³/mol. The van der Waals surface area contributed by atoms with E-state index in [1.165, 1.54) is 0 Å². The number of hydrogen-bond donors (Lipinski definition) is 1. The van der Waals surface area contributed by atoms with Crippen molar-refractivity contribution in [1.29, 1.82) is 0 Å². The molecule has 1 unspecified atom stereocenters. The van der Waals surface area contributed by atoms with Gasteiger partial charge >= 0.3 is 0 Å². The molecule has 0 aliphatic carbocycles. The third-order valence-corrected chi connectivity index (χ3v) is 3.70. The first-order valence-electron chi connectivity index (χ1n) is 7.54. The summed E-state index contributed by atoms with van der Waals surface area (Å²) < 4.78 is 16.9. The van der Waals surface area contributed by atoms with Gasteiger partial charge in [0.05, 0.1) is 26.4 Å². The van der Waals surface area contributed by atoms with Crippen LogP contribution in [0.3, 0.4) is 0 Å². The lowest BCUT2D eigenvalue weighted by Crippen LogP contribution is -2.59. The fourth-order valence-electron chi connectivity index (χ4n) is 2.52. The molecule has 6 nitrogen and oxygen atoms in total. The molecule has 2 aliphatic heterocycles. The van der Waals surface area contributed by atoms with Crippen molar-refractivity contribution < 1.29 is 19.0 Å². The highest BCUT2D eigenvalue weighted by Gasteiger charge is 2.39. The molecule has 1 amide bonds. The largest absolute Gasteiger partial charge is 0.377 e. The van der Waals surface area contributed by atoms with E-state index in [1.54, 1.807) is 0 Å². The Morgan fingerprint density at radius 2 is 2.35 bits per heavy atom. The molecule has 2 saturated heterocycles. The number of rotatable bonds is 5. The minimum Gasteiger partial charge on any atom is -0.377 e. The molecule has 0 aromatic heterocycles. The zero-order chi connectivity index (χ0) is 14.3. The highest BCUT2D eigenvalue weighted by molar-refractivity contribution is 5.77. The fourth-order valence-corrected chi connectivity index (χ4v) is 2.52. The summed E-state index contributed by atoms with van der Waals surface area (Å²) in [5.41, 5.74) is -0.395. The number of carbonyl (C=O) groups excluding carboxylic acids is 1. The van der Waals surface area contributed by atoms with Crippen molar-refractivity contribution in [3.8, 4) is 0 Å². The van der Waals surface area contributed by atoms with Crippen LogP contribution in [0.5, 0.6) is 0 Å². The Hall–Kier alpha value is -0.690. The summed E-state index contributed by atoms with van der Waals surface area (Å²) in [7, 11) is 0. The second-order valence-electron chi connectivity index (χ2n) is 5.48. The number of nitrogens with one attached hydrogen (secondary N) is 1. The van der Waals surface area contributed by atoms with Gasteiger partial charge in [0.15, 0.2) is 0 Å². The Morgan fingerprint density at radius 1 is 1.45 bits per heavy atom. The molecule has 1 N–H and O–H groups in total. The van der Waals surface area contributed by atoms with E-state index in [0.29, 0.717) is 39.5 Å². The van der Waals surface area contributed by atoms with Gasteiger partial charge in [0.25, 0.3) is 0 Å². The molecule has 20 heavy (non-hydrogen) atoms. The monoisotopic (exact) mass is 286 g/mol. The molecule has 0 aromatic carbocycles. The van der Waals surface area contributed by atoms with Crippen LogP contribution < -0.4 is 5.32 Å². The van der Waals surface area contributed by atoms with E-state index in [0.717, 1.165) is 25.9 Å². The number of hydrogen-bond acceptors (Lipinski definition) is 5. The average molecular weight is 286 g/mol. The molecule has 1 atom stereocenters. The number of carbonyl (C=O) groups is 1. The maximum Gasteiger partial charge on any atom is 0.248 e. The van der Waals surface area contributed by atoms with E-state index >= 15 is 0 Å². The molecule has 2 aliphatic rings. The third kappa shape index (κ3) is 4.41. The maximum atomic E-state index is 12.2. The molecular weight excluding hydrogens is 260 g/mol. The van der Waals surface area contributed by atoms with Gasteiger partial charge in [0.1, 0.15) is 12.2 Å². The summed E-state index contributed by atoms with van der Waals surface area (Å²) >= 11 is 0. The molecule has 2 heterocycles. The molecule has 2 rings (SSSR count). The second-order valence-corrected chi connectivity index (χ2v) is 5.48. The van der Waals surface area contributed by atoms with Crippen molar-refractivity contribution in [3.05, 3.63) is 0 Å². The normalized spacial score (nSPS) is 27.6. The minimum atomic E-state index is -0.395. The molecule has 1 spiro atoms. The quantitative estimate of drug-likeness (QED) is 0.722. The minimum absolute atomic E-state index is 0.0491. The van der Waals surface area contributed by atoms with Gasteiger partial charge < -0.3 is 24.4 Å². The van der Waals surface area contributed by atoms with Gasteiger partial charge in [0, 0.05) is 26.2 Å². The highest BCUT2D eigenvalue weighted by Crippen LogP contribution is 2.19. The lowest BCUT2D eigenvalue weighted by Gasteiger charge is -2.41. The summed E-state index contributed by atoms with van der Waals surface area (Å²) in [5, 5.41) is 3.31. The van der Waals surface area contributed by atoms with Crippen molar-refractivity contribution in [2.75, 3.05) is 59.2 Å². The lowest BCUT2D eigenvalue weighted by molar-refractivity contribution is -0.161. The zero-order valence-electron chi connectivity index (χ0n) is 12.4. The fraction of sp³-hybridized carbons (Fsp3) is 0.929. The molecule has 0 bridgehead atoms. The first-order valence-corrected chi connectivity index (χ1v) is 7.54. The second kappa shape index (κ2) is 7.93. The molecule has 116 valence electrons. The first-order chi connectivity index (χ1) is 9.76. The number of amides is 1. The number of morpholine rings is 1. The van der Waals surface area contributed by atoms with Crippen molar-refractivity contribution in [2.24, 2.45) is 0 Å². The topological polar surface area (TPSA) is 60.0 Å². The van der Waals surface area contributed by atoms with Gasteiger partial charge in [-0.3, -0.25) is 4.79 Å². The van der Waals surface area contributed by atoms with Gasteiger partial charge in [-0.1, -0.05) is 13.3 Å². The van der Waals surface area contributed by atoms with Crippen LogP contribution in [0.25, 0.3) is 0 Å². The lowest BCUT2D eigenvalue weighted by atomic mass is 10.0. The zero-order valence-corrected chi connectivity index (χ0v) is 12.4. The Kier molecular flexibility index (Phi) is 6.22. The van der Waals surface area contributed by atoms with Crippen LogP contribution in [0, 0.1) is 0 Å². The van der Waals surface area contributed by atoms with E-state index in [1.807, 2.05) is 4.90 Å². The summed E-state index contributed by atoms with van der Waals surface area (Å²) in [4.78, 5) is 14.0. The van der Waals surface area contributed by atoms with Crippen molar-refractivity contribution in [1.82, 2.24) is 10.2 Å². The van der Waals surface area contributed by atoms with Crippen molar-refractivity contribution in [3.63, 3.8) is 0 Å². The third-order valence-electron chi connectivity index (χ3n) is 3.70. The Morgan fingerprint density at radius 3 is 3.20 bits per heavy atom. The Balaban J connectivity index is 1.81. The highest BCUT2D eigenvalue weighted by atomic mass is 16.5. The van der Waals surface area contributed by atoms with Gasteiger partial charge in [-0.15, -0.1) is 0 Å². The Bertz CT molecular complexity index is 304. The van der Waals surface area contributed by atoms with Gasteiger partial charge in [0.2, 0.25) is 5.91 Å². The van der Waals surface area contributed by atoms with Crippen LogP contribution in [-0.2, 0) is 19.0 Å². The number of ether oxygens (including phenoxy) is 3. The van der Waals surface area contributed by atoms with Gasteiger partial charge in [-0.2, -0.15) is 0 Å². The number of nitrogens with zero attached hydrogens (tertiary/aromatic N) is 1. The Labute approximate surface area is 120 Å². The van der Waals surface area contributed by atoms with Crippen LogP contribution in [0.4, 0.5) is 0 Å². The van der Waals surface area contributed by atoms with E-state index in [2.05, 4.69) is 12.2 Å². The summed E-state index contributed by atoms with van der Waals surface area (Å²) in [5.74, 6) is 0.0491. The van der Waals surface area contributed by atoms with Crippen LogP contribution in [-0.4, -0.2) is 75.6 Å². The predicted octanol–water partition coefficient (Wildman–Crippen LogP) is 0.0205. The van der Waals surface area contributed by atoms with E-state index < -0.39 is 5.60 Å². The molecular formula is C14H26N2O4. The molecule has 0 saturated carbocycles. The standard InChI is InChI=1S/C14H26N2O4/c1-2-3-6-18-9-13(17)16-5-8-20-14(11-16)10-15-4-7-19-12-14/h15H,2-12H2,1H3.